The highest BCUT2D eigenvalue weighted by Gasteiger charge is 2.76. The van der Waals surface area contributed by atoms with Crippen LogP contribution in [0.3, 0.4) is 0 Å². The molecule has 12 N–H and O–H groups in total. The number of ether oxygens (including phenoxy) is 8. The number of fused-ring (bicyclic) bond motifs is 7. The van der Waals surface area contributed by atoms with Crippen LogP contribution in [-0.4, -0.2) is 216 Å². The maximum atomic E-state index is 13.5. The number of hydrogen-bond donors (Lipinski definition) is 12. The number of allylic oxidation sites excluding steroid dienone is 1. The summed E-state index contributed by atoms with van der Waals surface area (Å²) in [4.78, 5) is 26.5. The van der Waals surface area contributed by atoms with E-state index in [2.05, 4.69) is 33.8 Å². The van der Waals surface area contributed by atoms with E-state index in [9.17, 15) is 70.9 Å². The van der Waals surface area contributed by atoms with Crippen molar-refractivity contribution in [3.05, 3.63) is 11.6 Å². The molecular formula is C54H88O22. The Labute approximate surface area is 444 Å². The largest absolute Gasteiger partial charge is 0.458 e. The van der Waals surface area contributed by atoms with Crippen molar-refractivity contribution >= 4 is 11.9 Å². The molecule has 27 atom stereocenters. The summed E-state index contributed by atoms with van der Waals surface area (Å²) in [5.41, 5.74) is -4.40. The summed E-state index contributed by atoms with van der Waals surface area (Å²) in [5, 5.41) is 134. The highest BCUT2D eigenvalue weighted by atomic mass is 16.8. The summed E-state index contributed by atoms with van der Waals surface area (Å²) in [6.45, 7) is 17.0. The highest BCUT2D eigenvalue weighted by molar-refractivity contribution is 5.72. The van der Waals surface area contributed by atoms with Gasteiger partial charge in [-0.1, -0.05) is 74.0 Å². The third-order valence-corrected chi connectivity index (χ3v) is 20.9. The lowest BCUT2D eigenvalue weighted by atomic mass is 9.32. The molecule has 0 spiro atoms. The van der Waals surface area contributed by atoms with Crippen LogP contribution in [-0.2, 0) is 47.5 Å². The quantitative estimate of drug-likeness (QED) is 0.0617. The number of aliphatic hydroxyl groups is 12. The minimum absolute atomic E-state index is 0.0600. The monoisotopic (exact) mass is 1090 g/mol. The molecule has 27 unspecified atom stereocenters. The van der Waals surface area contributed by atoms with Crippen LogP contribution in [0.1, 0.15) is 114 Å². The third-order valence-electron chi connectivity index (χ3n) is 20.9. The Kier molecular flexibility index (Phi) is 17.1. The van der Waals surface area contributed by atoms with Crippen molar-refractivity contribution in [2.75, 3.05) is 26.4 Å². The molecule has 8 aliphatic rings. The lowest BCUT2D eigenvalue weighted by Gasteiger charge is -2.73. The molecule has 3 saturated heterocycles. The molecule has 22 heteroatoms. The van der Waals surface area contributed by atoms with Gasteiger partial charge in [0.05, 0.1) is 56.1 Å². The van der Waals surface area contributed by atoms with Crippen molar-refractivity contribution in [3.63, 3.8) is 0 Å². The zero-order valence-corrected chi connectivity index (χ0v) is 45.6. The number of carbonyl (C=O) groups excluding carboxylic acids is 2. The van der Waals surface area contributed by atoms with Crippen LogP contribution >= 0.6 is 0 Å². The predicted molar refractivity (Wildman–Crippen MR) is 262 cm³/mol. The summed E-state index contributed by atoms with van der Waals surface area (Å²) in [5.74, 6) is -2.38. The Morgan fingerprint density at radius 3 is 2.00 bits per heavy atom. The van der Waals surface area contributed by atoms with Crippen LogP contribution in [0.25, 0.3) is 0 Å². The number of rotatable bonds is 13. The lowest BCUT2D eigenvalue weighted by molar-refractivity contribution is -0.381. The van der Waals surface area contributed by atoms with Crippen LogP contribution in [0, 0.1) is 56.2 Å². The van der Waals surface area contributed by atoms with E-state index in [0.717, 1.165) is 5.57 Å². The second-order valence-corrected chi connectivity index (χ2v) is 25.7. The van der Waals surface area contributed by atoms with Crippen molar-refractivity contribution in [2.24, 2.45) is 56.2 Å². The van der Waals surface area contributed by atoms with Gasteiger partial charge in [-0.3, -0.25) is 9.59 Å². The smallest absolute Gasteiger partial charge is 0.309 e. The predicted octanol–water partition coefficient (Wildman–Crippen LogP) is -0.696. The summed E-state index contributed by atoms with van der Waals surface area (Å²) in [6, 6.07) is 0. The third kappa shape index (κ3) is 9.44. The van der Waals surface area contributed by atoms with Crippen molar-refractivity contribution in [2.45, 2.75) is 231 Å². The molecule has 0 aromatic rings. The van der Waals surface area contributed by atoms with Gasteiger partial charge in [-0.2, -0.15) is 0 Å². The van der Waals surface area contributed by atoms with E-state index < -0.39 is 193 Å². The average Bonchev–Trinajstić information content (AvgIpc) is 3.36. The zero-order chi connectivity index (χ0) is 56.2. The van der Waals surface area contributed by atoms with Gasteiger partial charge in [-0.15, -0.1) is 0 Å². The topological polar surface area (TPSA) is 351 Å². The van der Waals surface area contributed by atoms with Gasteiger partial charge in [0.15, 0.2) is 25.0 Å². The summed E-state index contributed by atoms with van der Waals surface area (Å²) < 4.78 is 48.5. The normalized spacial score (nSPS) is 51.2. The van der Waals surface area contributed by atoms with E-state index >= 15 is 0 Å². The van der Waals surface area contributed by atoms with Gasteiger partial charge in [-0.05, 0) is 78.9 Å². The molecule has 8 rings (SSSR count). The zero-order valence-electron chi connectivity index (χ0n) is 45.6. The first-order chi connectivity index (χ1) is 35.4. The van der Waals surface area contributed by atoms with Crippen molar-refractivity contribution in [1.29, 1.82) is 0 Å². The van der Waals surface area contributed by atoms with Gasteiger partial charge >= 0.3 is 11.9 Å². The van der Waals surface area contributed by atoms with E-state index in [-0.39, 0.29) is 18.4 Å². The number of hydrogen-bond acceptors (Lipinski definition) is 22. The molecule has 22 nitrogen and oxygen atoms in total. The molecule has 76 heavy (non-hydrogen) atoms. The summed E-state index contributed by atoms with van der Waals surface area (Å²) in [6.07, 6.45) is -23.1. The van der Waals surface area contributed by atoms with Crippen LogP contribution in [0.4, 0.5) is 0 Å². The van der Waals surface area contributed by atoms with E-state index in [1.54, 1.807) is 6.92 Å². The van der Waals surface area contributed by atoms with Gasteiger partial charge in [0.25, 0.3) is 0 Å². The van der Waals surface area contributed by atoms with E-state index in [1.807, 2.05) is 27.7 Å². The molecule has 7 fully saturated rings. The Bertz CT molecular complexity index is 2110. The molecule has 0 radical (unpaired) electrons. The molecule has 0 aromatic carbocycles. The number of esters is 2. The molecule has 0 aromatic heterocycles. The van der Waals surface area contributed by atoms with E-state index in [4.69, 9.17) is 37.9 Å². The molecule has 3 heterocycles. The summed E-state index contributed by atoms with van der Waals surface area (Å²) >= 11 is 0. The highest BCUT2D eigenvalue weighted by Crippen LogP contribution is 2.76. The fourth-order valence-electron chi connectivity index (χ4n) is 16.0. The minimum Gasteiger partial charge on any atom is -0.458 e. The van der Waals surface area contributed by atoms with Crippen LogP contribution < -0.4 is 0 Å². The van der Waals surface area contributed by atoms with E-state index in [1.165, 1.54) is 6.92 Å². The van der Waals surface area contributed by atoms with E-state index in [0.29, 0.717) is 44.9 Å². The van der Waals surface area contributed by atoms with Crippen molar-refractivity contribution in [3.8, 4) is 0 Å². The fourth-order valence-corrected chi connectivity index (χ4v) is 16.0. The van der Waals surface area contributed by atoms with Gasteiger partial charge in [-0.25, -0.2) is 0 Å². The molecule has 5 aliphatic carbocycles. The first-order valence-corrected chi connectivity index (χ1v) is 27.4. The fraction of sp³-hybridized carbons (Fsp3) is 0.926. The molecule has 0 amide bonds. The molecule has 4 saturated carbocycles. The first-order valence-electron chi connectivity index (χ1n) is 27.4. The Hall–Kier alpha value is -2.04. The summed E-state index contributed by atoms with van der Waals surface area (Å²) in [7, 11) is 0. The van der Waals surface area contributed by atoms with Crippen LogP contribution in [0.15, 0.2) is 11.6 Å². The van der Waals surface area contributed by atoms with Crippen molar-refractivity contribution < 1.29 is 109 Å². The van der Waals surface area contributed by atoms with Gasteiger partial charge < -0.3 is 99.2 Å². The SMILES string of the molecule is CCC(C)C(=O)OC1C(OC(C)=O)C2(CO)C(CC1(C)C)C1=CCC3C4(C)CCC(OC5OC(COC6OCC(O)C(O)C6O)C(O)C(O)C5OC5OC(CO)C(O)C(O)C5O)C(C)(C)C4CCC3(C)C1(C)C(O)C2O. The molecule has 436 valence electrons. The van der Waals surface area contributed by atoms with Gasteiger partial charge in [0, 0.05) is 17.8 Å². The van der Waals surface area contributed by atoms with Gasteiger partial charge in [0.1, 0.15) is 73.2 Å². The lowest BCUT2D eigenvalue weighted by Crippen LogP contribution is -2.76. The van der Waals surface area contributed by atoms with Gasteiger partial charge in [0.2, 0.25) is 0 Å². The standard InChI is InChI=1S/C54H88O22/c1-11-23(2)45(68)76-43-44(71-24(3)57)54(22-56)26(18-49(43,4)5)25-12-13-31-51(8)16-15-32(50(6,7)30(51)14-17-52(31,9)53(25,10)41(66)42(54)67)74-48-40(75-47-39(65)36(62)34(60)28(19-55)72-47)37(63)35(61)29(73-48)21-70-46-38(64)33(59)27(58)20-69-46/h12,23,26-44,46-48,55-56,58-67H,11,13-22H2,1-10H3. The Morgan fingerprint density at radius 2 is 1.37 bits per heavy atom. The molecule has 0 bridgehead atoms. The maximum Gasteiger partial charge on any atom is 0.309 e. The minimum atomic E-state index is -1.88. The Balaban J connectivity index is 1.09. The molecular weight excluding hydrogens is 1000 g/mol. The first kappa shape index (κ1) is 60.1. The number of carbonyl (C=O) groups is 2. The second-order valence-electron chi connectivity index (χ2n) is 25.7. The second kappa shape index (κ2) is 21.7. The van der Waals surface area contributed by atoms with Crippen LogP contribution in [0.5, 0.6) is 0 Å². The van der Waals surface area contributed by atoms with Crippen molar-refractivity contribution in [1.82, 2.24) is 0 Å². The van der Waals surface area contributed by atoms with Crippen LogP contribution in [0.2, 0.25) is 0 Å². The average molecular weight is 1090 g/mol. The molecule has 3 aliphatic heterocycles. The Morgan fingerprint density at radius 1 is 0.724 bits per heavy atom. The maximum absolute atomic E-state index is 13.5. The number of aliphatic hydroxyl groups excluding tert-OH is 12.